The second kappa shape index (κ2) is 9.26. The molecule has 0 spiro atoms. The topological polar surface area (TPSA) is 91.8 Å². The molecular weight excluding hydrogens is 304 g/mol. The lowest BCUT2D eigenvalue weighted by molar-refractivity contribution is 0.414. The molecule has 8 heteroatoms. The Hall–Kier alpha value is -1.80. The second-order valence-corrected chi connectivity index (χ2v) is 6.56. The molecule has 0 amide bonds. The van der Waals surface area contributed by atoms with E-state index in [4.69, 9.17) is 4.74 Å². The highest BCUT2D eigenvalue weighted by atomic mass is 32.2. The van der Waals surface area contributed by atoms with Crippen LogP contribution in [0.15, 0.2) is 29.3 Å². The van der Waals surface area contributed by atoms with Crippen LogP contribution in [0.3, 0.4) is 0 Å². The third-order valence-corrected chi connectivity index (χ3v) is 3.56. The Kier molecular flexibility index (Phi) is 7.69. The van der Waals surface area contributed by atoms with Crippen molar-refractivity contribution in [3.63, 3.8) is 0 Å². The molecule has 3 N–H and O–H groups in total. The number of ether oxygens (including phenoxy) is 1. The standard InChI is InChI=1S/C14H24N4O3S/c1-15-14(16-8-5-9-18-22(3,19)20)17-11-12-6-4-7-13(10-12)21-2/h4,6-7,10,18H,5,8-9,11H2,1-3H3,(H2,15,16,17). The van der Waals surface area contributed by atoms with Gasteiger partial charge in [-0.2, -0.15) is 0 Å². The lowest BCUT2D eigenvalue weighted by Crippen LogP contribution is -2.38. The number of hydrogen-bond donors (Lipinski definition) is 3. The molecular formula is C14H24N4O3S. The number of aliphatic imine (C=N–C) groups is 1. The van der Waals surface area contributed by atoms with Gasteiger partial charge in [0.15, 0.2) is 5.96 Å². The number of sulfonamides is 1. The van der Waals surface area contributed by atoms with Crippen LogP contribution in [0, 0.1) is 0 Å². The molecule has 0 aromatic heterocycles. The molecule has 124 valence electrons. The highest BCUT2D eigenvalue weighted by Crippen LogP contribution is 2.11. The first-order valence-electron chi connectivity index (χ1n) is 6.96. The van der Waals surface area contributed by atoms with Crippen LogP contribution in [-0.2, 0) is 16.6 Å². The van der Waals surface area contributed by atoms with E-state index < -0.39 is 10.0 Å². The Labute approximate surface area is 132 Å². The lowest BCUT2D eigenvalue weighted by atomic mass is 10.2. The van der Waals surface area contributed by atoms with Crippen molar-refractivity contribution in [2.24, 2.45) is 4.99 Å². The highest BCUT2D eigenvalue weighted by Gasteiger charge is 2.01. The predicted molar refractivity (Wildman–Crippen MR) is 88.7 cm³/mol. The maximum Gasteiger partial charge on any atom is 0.208 e. The summed E-state index contributed by atoms with van der Waals surface area (Å²) >= 11 is 0. The number of methoxy groups -OCH3 is 1. The quantitative estimate of drug-likeness (QED) is 0.363. The molecule has 0 unspecified atom stereocenters. The molecule has 0 aliphatic rings. The fourth-order valence-electron chi connectivity index (χ4n) is 1.74. The fourth-order valence-corrected chi connectivity index (χ4v) is 2.26. The SMILES string of the molecule is CN=C(NCCCNS(C)(=O)=O)NCc1cccc(OC)c1. The zero-order valence-electron chi connectivity index (χ0n) is 13.2. The fraction of sp³-hybridized carbons (Fsp3) is 0.500. The molecule has 0 radical (unpaired) electrons. The first-order valence-corrected chi connectivity index (χ1v) is 8.86. The van der Waals surface area contributed by atoms with Crippen molar-refractivity contribution in [3.8, 4) is 5.75 Å². The van der Waals surface area contributed by atoms with Gasteiger partial charge >= 0.3 is 0 Å². The summed E-state index contributed by atoms with van der Waals surface area (Å²) in [7, 11) is 0.208. The first kappa shape index (κ1) is 18.2. The van der Waals surface area contributed by atoms with E-state index in [0.717, 1.165) is 17.6 Å². The zero-order chi connectivity index (χ0) is 16.4. The summed E-state index contributed by atoms with van der Waals surface area (Å²) in [5, 5.41) is 6.32. The van der Waals surface area contributed by atoms with Gasteiger partial charge < -0.3 is 15.4 Å². The maximum atomic E-state index is 10.9. The van der Waals surface area contributed by atoms with Crippen LogP contribution in [0.5, 0.6) is 5.75 Å². The number of nitrogens with zero attached hydrogens (tertiary/aromatic N) is 1. The molecule has 1 rings (SSSR count). The summed E-state index contributed by atoms with van der Waals surface area (Å²) in [5.41, 5.74) is 1.08. The van der Waals surface area contributed by atoms with Gasteiger partial charge in [0.1, 0.15) is 5.75 Å². The average molecular weight is 328 g/mol. The molecule has 0 saturated heterocycles. The van der Waals surface area contributed by atoms with E-state index in [9.17, 15) is 8.42 Å². The van der Waals surface area contributed by atoms with Gasteiger partial charge in [0.2, 0.25) is 10.0 Å². The van der Waals surface area contributed by atoms with Gasteiger partial charge in [0.25, 0.3) is 0 Å². The van der Waals surface area contributed by atoms with Gasteiger partial charge in [-0.05, 0) is 24.1 Å². The molecule has 7 nitrogen and oxygen atoms in total. The Morgan fingerprint density at radius 1 is 1.27 bits per heavy atom. The predicted octanol–water partition coefficient (Wildman–Crippen LogP) is 0.300. The van der Waals surface area contributed by atoms with E-state index in [-0.39, 0.29) is 0 Å². The van der Waals surface area contributed by atoms with Crippen molar-refractivity contribution in [3.05, 3.63) is 29.8 Å². The molecule has 0 aliphatic carbocycles. The van der Waals surface area contributed by atoms with Gasteiger partial charge in [-0.1, -0.05) is 12.1 Å². The normalized spacial score (nSPS) is 12.0. The molecule has 0 aliphatic heterocycles. The van der Waals surface area contributed by atoms with Gasteiger partial charge in [-0.25, -0.2) is 13.1 Å². The summed E-state index contributed by atoms with van der Waals surface area (Å²) in [6.45, 7) is 1.65. The Morgan fingerprint density at radius 3 is 2.68 bits per heavy atom. The van der Waals surface area contributed by atoms with Crippen molar-refractivity contribution in [1.29, 1.82) is 0 Å². The highest BCUT2D eigenvalue weighted by molar-refractivity contribution is 7.88. The minimum Gasteiger partial charge on any atom is -0.497 e. The van der Waals surface area contributed by atoms with Crippen LogP contribution in [0.4, 0.5) is 0 Å². The monoisotopic (exact) mass is 328 g/mol. The number of rotatable bonds is 8. The Bertz CT molecular complexity index is 588. The van der Waals surface area contributed by atoms with Gasteiger partial charge in [0, 0.05) is 26.7 Å². The minimum atomic E-state index is -3.12. The number of benzene rings is 1. The van der Waals surface area contributed by atoms with Gasteiger partial charge in [-0.3, -0.25) is 4.99 Å². The first-order chi connectivity index (χ1) is 10.4. The molecule has 1 aromatic carbocycles. The van der Waals surface area contributed by atoms with E-state index in [2.05, 4.69) is 20.3 Å². The van der Waals surface area contributed by atoms with E-state index >= 15 is 0 Å². The number of nitrogens with one attached hydrogen (secondary N) is 3. The summed E-state index contributed by atoms with van der Waals surface area (Å²) < 4.78 is 29.5. The molecule has 0 heterocycles. The summed E-state index contributed by atoms with van der Waals surface area (Å²) in [6, 6.07) is 7.78. The van der Waals surface area contributed by atoms with Crippen molar-refractivity contribution in [1.82, 2.24) is 15.4 Å². The Balaban J connectivity index is 2.30. The van der Waals surface area contributed by atoms with Crippen molar-refractivity contribution in [2.75, 3.05) is 33.5 Å². The van der Waals surface area contributed by atoms with Crippen molar-refractivity contribution >= 4 is 16.0 Å². The number of guanidine groups is 1. The van der Waals surface area contributed by atoms with Crippen LogP contribution in [0.2, 0.25) is 0 Å². The summed E-state index contributed by atoms with van der Waals surface area (Å²) in [4.78, 5) is 4.12. The molecule has 0 atom stereocenters. The summed E-state index contributed by atoms with van der Waals surface area (Å²) in [5.74, 6) is 1.48. The van der Waals surface area contributed by atoms with Crippen LogP contribution >= 0.6 is 0 Å². The van der Waals surface area contributed by atoms with E-state index in [1.54, 1.807) is 14.2 Å². The van der Waals surface area contributed by atoms with Gasteiger partial charge in [-0.15, -0.1) is 0 Å². The van der Waals surface area contributed by atoms with Crippen LogP contribution in [-0.4, -0.2) is 47.9 Å². The van der Waals surface area contributed by atoms with Crippen LogP contribution < -0.4 is 20.1 Å². The van der Waals surface area contributed by atoms with Crippen molar-refractivity contribution in [2.45, 2.75) is 13.0 Å². The molecule has 0 saturated carbocycles. The second-order valence-electron chi connectivity index (χ2n) is 4.72. The molecule has 0 fully saturated rings. The van der Waals surface area contributed by atoms with Crippen LogP contribution in [0.25, 0.3) is 0 Å². The largest absolute Gasteiger partial charge is 0.497 e. The lowest BCUT2D eigenvalue weighted by Gasteiger charge is -2.12. The van der Waals surface area contributed by atoms with E-state index in [1.165, 1.54) is 0 Å². The molecule has 22 heavy (non-hydrogen) atoms. The van der Waals surface area contributed by atoms with E-state index in [0.29, 0.717) is 32.0 Å². The van der Waals surface area contributed by atoms with Gasteiger partial charge in [0.05, 0.1) is 13.4 Å². The third-order valence-electron chi connectivity index (χ3n) is 2.83. The Morgan fingerprint density at radius 2 is 2.05 bits per heavy atom. The van der Waals surface area contributed by atoms with Crippen LogP contribution in [0.1, 0.15) is 12.0 Å². The van der Waals surface area contributed by atoms with E-state index in [1.807, 2.05) is 24.3 Å². The smallest absolute Gasteiger partial charge is 0.208 e. The minimum absolute atomic E-state index is 0.401. The maximum absolute atomic E-state index is 10.9. The molecule has 0 bridgehead atoms. The summed E-state index contributed by atoms with van der Waals surface area (Å²) in [6.07, 6.45) is 1.82. The third kappa shape index (κ3) is 7.84. The zero-order valence-corrected chi connectivity index (χ0v) is 14.0. The van der Waals surface area contributed by atoms with Crippen molar-refractivity contribution < 1.29 is 13.2 Å². The number of hydrogen-bond acceptors (Lipinski definition) is 4. The molecule has 1 aromatic rings. The average Bonchev–Trinajstić information content (AvgIpc) is 2.49.